The number of hydrogen-bond acceptors (Lipinski definition) is 4. The number of aromatic nitrogens is 1. The average molecular weight is 448 g/mol. The number of halogens is 3. The molecule has 0 spiro atoms. The second-order valence-corrected chi connectivity index (χ2v) is 9.05. The molecule has 0 aliphatic heterocycles. The van der Waals surface area contributed by atoms with E-state index in [1.54, 1.807) is 6.07 Å². The molecule has 0 aliphatic rings. The lowest BCUT2D eigenvalue weighted by molar-refractivity contribution is -0.137. The molecule has 0 bridgehead atoms. The second kappa shape index (κ2) is 8.89. The first-order chi connectivity index (χ1) is 14.6. The van der Waals surface area contributed by atoms with Gasteiger partial charge in [0.1, 0.15) is 0 Å². The number of nitrogens with zero attached hydrogens (tertiary/aromatic N) is 1. The van der Waals surface area contributed by atoms with E-state index in [4.69, 9.17) is 0 Å². The molecule has 3 aromatic rings. The van der Waals surface area contributed by atoms with Crippen LogP contribution >= 0.6 is 0 Å². The first-order valence-corrected chi connectivity index (χ1v) is 11.0. The number of pyridine rings is 1. The molecule has 162 valence electrons. The van der Waals surface area contributed by atoms with Gasteiger partial charge in [-0.05, 0) is 41.5 Å². The monoisotopic (exact) mass is 448 g/mol. The van der Waals surface area contributed by atoms with Crippen LogP contribution in [0.4, 0.5) is 18.9 Å². The zero-order valence-electron chi connectivity index (χ0n) is 16.5. The molecule has 0 saturated carbocycles. The van der Waals surface area contributed by atoms with Gasteiger partial charge in [0.2, 0.25) is 5.91 Å². The standard InChI is InChI=1S/C22H19F3N2O3S/c1-2-31(29,30)18-8-5-15(6-9-18)12-21(28)27-17-7-10-19(16-4-3-11-26-14-16)20(13-17)22(23,24)25/h3-11,13-14H,2,12H2,1H3,(H,27,28). The van der Waals surface area contributed by atoms with Gasteiger partial charge in [-0.25, -0.2) is 8.42 Å². The lowest BCUT2D eigenvalue weighted by Crippen LogP contribution is -2.16. The molecule has 3 rings (SSSR count). The van der Waals surface area contributed by atoms with Crippen LogP contribution in [0.15, 0.2) is 71.9 Å². The van der Waals surface area contributed by atoms with E-state index in [1.807, 2.05) is 0 Å². The predicted molar refractivity (Wildman–Crippen MR) is 111 cm³/mol. The fourth-order valence-corrected chi connectivity index (χ4v) is 3.89. The minimum Gasteiger partial charge on any atom is -0.326 e. The van der Waals surface area contributed by atoms with E-state index in [-0.39, 0.29) is 28.3 Å². The quantitative estimate of drug-likeness (QED) is 0.591. The van der Waals surface area contributed by atoms with E-state index < -0.39 is 27.5 Å². The van der Waals surface area contributed by atoms with Crippen molar-refractivity contribution in [3.8, 4) is 11.1 Å². The maximum absolute atomic E-state index is 13.6. The number of amides is 1. The maximum atomic E-state index is 13.6. The number of rotatable bonds is 6. The van der Waals surface area contributed by atoms with Gasteiger partial charge >= 0.3 is 6.18 Å². The largest absolute Gasteiger partial charge is 0.417 e. The molecule has 0 fully saturated rings. The third kappa shape index (κ3) is 5.49. The molecule has 0 radical (unpaired) electrons. The Hall–Kier alpha value is -3.20. The Kier molecular flexibility index (Phi) is 6.45. The minimum absolute atomic E-state index is 0.00939. The summed E-state index contributed by atoms with van der Waals surface area (Å²) < 4.78 is 64.4. The predicted octanol–water partition coefficient (Wildman–Crippen LogP) is 4.74. The highest BCUT2D eigenvalue weighted by Crippen LogP contribution is 2.38. The van der Waals surface area contributed by atoms with Crippen LogP contribution < -0.4 is 5.32 Å². The number of anilines is 1. The van der Waals surface area contributed by atoms with Gasteiger partial charge in [-0.15, -0.1) is 0 Å². The van der Waals surface area contributed by atoms with Crippen LogP contribution in [0.2, 0.25) is 0 Å². The highest BCUT2D eigenvalue weighted by molar-refractivity contribution is 7.91. The Morgan fingerprint density at radius 3 is 2.35 bits per heavy atom. The van der Waals surface area contributed by atoms with Crippen LogP contribution in [0.5, 0.6) is 0 Å². The number of sulfone groups is 1. The Bertz CT molecular complexity index is 1180. The third-order valence-corrected chi connectivity index (χ3v) is 6.36. The van der Waals surface area contributed by atoms with Crippen LogP contribution in [-0.4, -0.2) is 25.1 Å². The smallest absolute Gasteiger partial charge is 0.326 e. The first-order valence-electron chi connectivity index (χ1n) is 9.33. The number of benzene rings is 2. The van der Waals surface area contributed by atoms with E-state index in [2.05, 4.69) is 10.3 Å². The Balaban J connectivity index is 1.79. The number of alkyl halides is 3. The zero-order chi connectivity index (χ0) is 22.6. The Morgan fingerprint density at radius 2 is 1.77 bits per heavy atom. The summed E-state index contributed by atoms with van der Waals surface area (Å²) in [4.78, 5) is 16.3. The average Bonchev–Trinajstić information content (AvgIpc) is 2.74. The van der Waals surface area contributed by atoms with Gasteiger partial charge < -0.3 is 5.32 Å². The molecular formula is C22H19F3N2O3S. The van der Waals surface area contributed by atoms with E-state index in [0.29, 0.717) is 11.1 Å². The molecule has 31 heavy (non-hydrogen) atoms. The van der Waals surface area contributed by atoms with Crippen LogP contribution in [0.3, 0.4) is 0 Å². The molecule has 1 heterocycles. The van der Waals surface area contributed by atoms with Crippen molar-refractivity contribution in [1.29, 1.82) is 0 Å². The summed E-state index contributed by atoms with van der Waals surface area (Å²) in [5.74, 6) is -0.558. The minimum atomic E-state index is -4.62. The van der Waals surface area contributed by atoms with Crippen molar-refractivity contribution in [3.63, 3.8) is 0 Å². The van der Waals surface area contributed by atoms with Gasteiger partial charge in [-0.2, -0.15) is 13.2 Å². The molecule has 0 saturated heterocycles. The lowest BCUT2D eigenvalue weighted by atomic mass is 10.00. The van der Waals surface area contributed by atoms with Gasteiger partial charge in [-0.3, -0.25) is 9.78 Å². The van der Waals surface area contributed by atoms with Gasteiger partial charge in [-0.1, -0.05) is 31.2 Å². The molecule has 5 nitrogen and oxygen atoms in total. The van der Waals surface area contributed by atoms with E-state index in [9.17, 15) is 26.4 Å². The summed E-state index contributed by atoms with van der Waals surface area (Å²) in [6.07, 6.45) is -1.93. The van der Waals surface area contributed by atoms with Crippen molar-refractivity contribution in [1.82, 2.24) is 4.98 Å². The van der Waals surface area contributed by atoms with E-state index in [1.165, 1.54) is 61.8 Å². The molecule has 9 heteroatoms. The van der Waals surface area contributed by atoms with Crippen LogP contribution in [0.25, 0.3) is 11.1 Å². The normalized spacial score (nSPS) is 11.9. The van der Waals surface area contributed by atoms with Gasteiger partial charge in [0.05, 0.1) is 22.6 Å². The van der Waals surface area contributed by atoms with Gasteiger partial charge in [0, 0.05) is 23.6 Å². The number of carbonyl (C=O) groups excluding carboxylic acids is 1. The van der Waals surface area contributed by atoms with Crippen molar-refractivity contribution in [2.75, 3.05) is 11.1 Å². The van der Waals surface area contributed by atoms with E-state index in [0.717, 1.165) is 6.07 Å². The zero-order valence-corrected chi connectivity index (χ0v) is 17.3. The summed E-state index contributed by atoms with van der Waals surface area (Å²) in [6.45, 7) is 1.53. The molecule has 1 N–H and O–H groups in total. The third-order valence-electron chi connectivity index (χ3n) is 4.61. The Morgan fingerprint density at radius 1 is 1.06 bits per heavy atom. The van der Waals surface area contributed by atoms with Crippen molar-refractivity contribution in [3.05, 3.63) is 78.1 Å². The van der Waals surface area contributed by atoms with Gasteiger partial charge in [0.15, 0.2) is 9.84 Å². The molecule has 2 aromatic carbocycles. The first kappa shape index (κ1) is 22.5. The lowest BCUT2D eigenvalue weighted by Gasteiger charge is -2.15. The van der Waals surface area contributed by atoms with Crippen molar-refractivity contribution in [2.45, 2.75) is 24.4 Å². The molecular weight excluding hydrogens is 429 g/mol. The van der Waals surface area contributed by atoms with E-state index >= 15 is 0 Å². The molecule has 1 aromatic heterocycles. The highest BCUT2D eigenvalue weighted by atomic mass is 32.2. The number of nitrogens with one attached hydrogen (secondary N) is 1. The maximum Gasteiger partial charge on any atom is 0.417 e. The van der Waals surface area contributed by atoms with Crippen LogP contribution in [0.1, 0.15) is 18.1 Å². The highest BCUT2D eigenvalue weighted by Gasteiger charge is 2.34. The SMILES string of the molecule is CCS(=O)(=O)c1ccc(CC(=O)Nc2ccc(-c3cccnc3)c(C(F)(F)F)c2)cc1. The Labute approximate surface area is 177 Å². The molecule has 0 unspecified atom stereocenters. The number of hydrogen-bond donors (Lipinski definition) is 1. The molecule has 0 atom stereocenters. The summed E-state index contributed by atoms with van der Waals surface area (Å²) in [6, 6.07) is 12.5. The summed E-state index contributed by atoms with van der Waals surface area (Å²) >= 11 is 0. The fraction of sp³-hybridized carbons (Fsp3) is 0.182. The van der Waals surface area contributed by atoms with Crippen LogP contribution in [-0.2, 0) is 27.2 Å². The fourth-order valence-electron chi connectivity index (χ4n) is 3.00. The van der Waals surface area contributed by atoms with Crippen molar-refractivity contribution < 1.29 is 26.4 Å². The molecule has 0 aliphatic carbocycles. The van der Waals surface area contributed by atoms with Crippen molar-refractivity contribution in [2.24, 2.45) is 0 Å². The van der Waals surface area contributed by atoms with Crippen molar-refractivity contribution >= 4 is 21.4 Å². The van der Waals surface area contributed by atoms with Crippen LogP contribution in [0, 0.1) is 0 Å². The number of carbonyl (C=O) groups is 1. The van der Waals surface area contributed by atoms with Gasteiger partial charge in [0.25, 0.3) is 0 Å². The molecule has 1 amide bonds. The second-order valence-electron chi connectivity index (χ2n) is 6.77. The summed E-state index contributed by atoms with van der Waals surface area (Å²) in [7, 11) is -3.35. The summed E-state index contributed by atoms with van der Waals surface area (Å²) in [5, 5.41) is 2.46. The topological polar surface area (TPSA) is 76.1 Å². The summed E-state index contributed by atoms with van der Waals surface area (Å²) in [5.41, 5.74) is -0.0562.